The maximum Gasteiger partial charge on any atom is 0.174 e. The fourth-order valence-corrected chi connectivity index (χ4v) is 2.19. The summed E-state index contributed by atoms with van der Waals surface area (Å²) in [7, 11) is 7.03. The number of methoxy groups -OCH3 is 3. The van der Waals surface area contributed by atoms with Gasteiger partial charge in [-0.05, 0) is 0 Å². The zero-order chi connectivity index (χ0) is 12.4. The quantitative estimate of drug-likeness (QED) is 0.476. The normalized spacial score (nSPS) is 13.0. The van der Waals surface area contributed by atoms with Gasteiger partial charge < -0.3 is 38.2 Å². The van der Waals surface area contributed by atoms with Crippen molar-refractivity contribution in [2.45, 2.75) is 6.42 Å². The second-order valence-corrected chi connectivity index (χ2v) is 4.07. The second kappa shape index (κ2) is 6.26. The van der Waals surface area contributed by atoms with Crippen LogP contribution in [0.3, 0.4) is 0 Å². The first-order valence-corrected chi connectivity index (χ1v) is 5.58. The Balaban J connectivity index is 0.00000162. The van der Waals surface area contributed by atoms with E-state index in [0.717, 1.165) is 30.0 Å². The van der Waals surface area contributed by atoms with Gasteiger partial charge in [0.1, 0.15) is 19.3 Å². The number of hydrogen-bond acceptors (Lipinski definition) is 3. The van der Waals surface area contributed by atoms with E-state index in [9.17, 15) is 0 Å². The first-order valence-electron chi connectivity index (χ1n) is 5.58. The molecule has 0 radical (unpaired) electrons. The monoisotopic (exact) mass is 363 g/mol. The average Bonchev–Trinajstić information content (AvgIpc) is 2.36. The van der Waals surface area contributed by atoms with E-state index >= 15 is 0 Å². The maximum absolute atomic E-state index is 5.44. The molecule has 0 amide bonds. The number of likely N-dealkylation sites (N-methyl/N-ethyl adjacent to an activating group) is 1. The molecule has 0 fully saturated rings. The third kappa shape index (κ3) is 2.55. The molecule has 1 aliphatic rings. The molecule has 4 nitrogen and oxygen atoms in total. The first-order chi connectivity index (χ1) is 8.21. The molecular formula is C13H18INO3. The van der Waals surface area contributed by atoms with E-state index in [1.165, 1.54) is 5.56 Å². The van der Waals surface area contributed by atoms with Crippen molar-refractivity contribution in [3.63, 3.8) is 0 Å². The van der Waals surface area contributed by atoms with Crippen LogP contribution >= 0.6 is 0 Å². The number of ether oxygens (including phenoxy) is 3. The van der Waals surface area contributed by atoms with Crippen molar-refractivity contribution in [3.8, 4) is 17.2 Å². The molecule has 0 N–H and O–H groups in total. The molecule has 0 saturated heterocycles. The van der Waals surface area contributed by atoms with E-state index in [1.54, 1.807) is 21.3 Å². The molecule has 0 saturated carbocycles. The molecule has 1 aromatic rings. The Hall–Kier alpha value is -0.980. The highest BCUT2D eigenvalue weighted by atomic mass is 127. The Bertz CT molecular complexity index is 472. The lowest BCUT2D eigenvalue weighted by atomic mass is 9.99. The Kier molecular flexibility index (Phi) is 5.25. The van der Waals surface area contributed by atoms with E-state index in [-0.39, 0.29) is 24.0 Å². The summed E-state index contributed by atoms with van der Waals surface area (Å²) in [6.45, 7) is 0.985. The summed E-state index contributed by atoms with van der Waals surface area (Å²) >= 11 is 0. The standard InChI is InChI=1S/C13H18NO3.HI/c1-14-6-5-9-10(8-14)13(17-4)12(16-3)7-11(9)15-2;/h7-8H,5-6H2,1-4H3;1H/q+1;/p-1. The van der Waals surface area contributed by atoms with Crippen LogP contribution in [0.4, 0.5) is 0 Å². The van der Waals surface area contributed by atoms with Crippen molar-refractivity contribution in [1.82, 2.24) is 0 Å². The minimum atomic E-state index is 0. The topological polar surface area (TPSA) is 30.7 Å². The summed E-state index contributed by atoms with van der Waals surface area (Å²) in [4.78, 5) is 0. The van der Waals surface area contributed by atoms with E-state index < -0.39 is 0 Å². The van der Waals surface area contributed by atoms with Crippen molar-refractivity contribution in [3.05, 3.63) is 17.2 Å². The van der Waals surface area contributed by atoms with Gasteiger partial charge in [0.05, 0.1) is 26.9 Å². The highest BCUT2D eigenvalue weighted by Gasteiger charge is 2.24. The van der Waals surface area contributed by atoms with Crippen molar-refractivity contribution < 1.29 is 42.8 Å². The van der Waals surface area contributed by atoms with Gasteiger partial charge in [-0.1, -0.05) is 0 Å². The highest BCUT2D eigenvalue weighted by molar-refractivity contribution is 5.86. The largest absolute Gasteiger partial charge is 1.00 e. The molecule has 2 rings (SSSR count). The molecular weight excluding hydrogens is 345 g/mol. The lowest BCUT2D eigenvalue weighted by Gasteiger charge is -2.19. The zero-order valence-electron chi connectivity index (χ0n) is 11.1. The van der Waals surface area contributed by atoms with Crippen LogP contribution in [0.1, 0.15) is 11.1 Å². The third-order valence-corrected chi connectivity index (χ3v) is 3.06. The zero-order valence-corrected chi connectivity index (χ0v) is 13.3. The number of fused-ring (bicyclic) bond motifs is 1. The van der Waals surface area contributed by atoms with Gasteiger partial charge in [-0.25, -0.2) is 4.58 Å². The summed E-state index contributed by atoms with van der Waals surface area (Å²) in [5.41, 5.74) is 2.24. The summed E-state index contributed by atoms with van der Waals surface area (Å²) in [5, 5.41) is 0. The fourth-order valence-electron chi connectivity index (χ4n) is 2.19. The van der Waals surface area contributed by atoms with Gasteiger partial charge in [0.25, 0.3) is 0 Å². The predicted molar refractivity (Wildman–Crippen MR) is 66.0 cm³/mol. The van der Waals surface area contributed by atoms with Gasteiger partial charge >= 0.3 is 0 Å². The van der Waals surface area contributed by atoms with Crippen molar-refractivity contribution >= 4 is 6.21 Å². The van der Waals surface area contributed by atoms with Crippen LogP contribution in [-0.2, 0) is 6.42 Å². The number of halogens is 1. The Morgan fingerprint density at radius 3 is 2.28 bits per heavy atom. The molecule has 0 spiro atoms. The molecule has 0 unspecified atom stereocenters. The van der Waals surface area contributed by atoms with E-state index in [1.807, 2.05) is 13.1 Å². The van der Waals surface area contributed by atoms with Crippen molar-refractivity contribution in [2.24, 2.45) is 0 Å². The van der Waals surface area contributed by atoms with Crippen LogP contribution in [0, 0.1) is 0 Å². The van der Waals surface area contributed by atoms with Gasteiger partial charge in [0, 0.05) is 18.1 Å². The molecule has 18 heavy (non-hydrogen) atoms. The number of hydrogen-bond donors (Lipinski definition) is 0. The molecule has 0 aromatic heterocycles. The van der Waals surface area contributed by atoms with E-state index in [2.05, 4.69) is 10.8 Å². The lowest BCUT2D eigenvalue weighted by molar-refractivity contribution is -0.493. The number of benzene rings is 1. The molecule has 5 heteroatoms. The molecule has 0 atom stereocenters. The molecule has 1 aliphatic heterocycles. The molecule has 1 aromatic carbocycles. The van der Waals surface area contributed by atoms with Gasteiger partial charge in [-0.15, -0.1) is 0 Å². The average molecular weight is 363 g/mol. The lowest BCUT2D eigenvalue weighted by Crippen LogP contribution is -3.00. The van der Waals surface area contributed by atoms with E-state index in [0.29, 0.717) is 5.75 Å². The maximum atomic E-state index is 5.44. The summed E-state index contributed by atoms with van der Waals surface area (Å²) in [6.07, 6.45) is 3.02. The SMILES string of the molecule is COc1cc(OC)c(OC)c2c1CC[N+](C)=C2.[I-]. The van der Waals surface area contributed by atoms with Crippen LogP contribution in [0.25, 0.3) is 0 Å². The van der Waals surface area contributed by atoms with Crippen LogP contribution in [0.5, 0.6) is 17.2 Å². The van der Waals surface area contributed by atoms with Gasteiger partial charge in [-0.3, -0.25) is 0 Å². The predicted octanol–water partition coefficient (Wildman–Crippen LogP) is -1.67. The summed E-state index contributed by atoms with van der Waals surface area (Å²) in [5.74, 6) is 2.34. The smallest absolute Gasteiger partial charge is 0.174 e. The van der Waals surface area contributed by atoms with Gasteiger partial charge in [0.2, 0.25) is 0 Å². The molecule has 100 valence electrons. The number of rotatable bonds is 3. The van der Waals surface area contributed by atoms with Gasteiger partial charge in [0.15, 0.2) is 17.7 Å². The minimum Gasteiger partial charge on any atom is -1.00 e. The molecule has 1 heterocycles. The second-order valence-electron chi connectivity index (χ2n) is 4.07. The fraction of sp³-hybridized carbons (Fsp3) is 0.462. The first kappa shape index (κ1) is 15.1. The Labute approximate surface area is 125 Å². The molecule has 0 aliphatic carbocycles. The van der Waals surface area contributed by atoms with Crippen molar-refractivity contribution in [2.75, 3.05) is 34.9 Å². The minimum absolute atomic E-state index is 0. The third-order valence-electron chi connectivity index (χ3n) is 3.06. The van der Waals surface area contributed by atoms with Crippen LogP contribution < -0.4 is 38.2 Å². The van der Waals surface area contributed by atoms with Crippen LogP contribution in [0.2, 0.25) is 0 Å². The summed E-state index contributed by atoms with van der Waals surface area (Å²) in [6, 6.07) is 1.89. The molecule has 0 bridgehead atoms. The number of nitrogens with zero attached hydrogens (tertiary/aromatic N) is 1. The van der Waals surface area contributed by atoms with Crippen LogP contribution in [-0.4, -0.2) is 45.7 Å². The Morgan fingerprint density at radius 1 is 1.06 bits per heavy atom. The van der Waals surface area contributed by atoms with Crippen molar-refractivity contribution in [1.29, 1.82) is 0 Å². The van der Waals surface area contributed by atoms with Crippen LogP contribution in [0.15, 0.2) is 6.07 Å². The summed E-state index contributed by atoms with van der Waals surface area (Å²) < 4.78 is 18.3. The highest BCUT2D eigenvalue weighted by Crippen LogP contribution is 2.39. The Morgan fingerprint density at radius 2 is 1.72 bits per heavy atom. The van der Waals surface area contributed by atoms with E-state index in [4.69, 9.17) is 14.2 Å². The van der Waals surface area contributed by atoms with Gasteiger partial charge in [-0.2, -0.15) is 0 Å².